The molecule has 0 saturated heterocycles. The lowest BCUT2D eigenvalue weighted by molar-refractivity contribution is 1.26. The average Bonchev–Trinajstić information content (AvgIpc) is 3.50. The first-order chi connectivity index (χ1) is 21.9. The third kappa shape index (κ3) is 3.75. The Morgan fingerprint density at radius 3 is 1.59 bits per heavy atom. The highest BCUT2D eigenvalue weighted by atomic mass is 32.1. The Hall–Kier alpha value is -5.32. The number of thiophene rings is 1. The molecule has 6 aromatic carbocycles. The van der Waals surface area contributed by atoms with Gasteiger partial charge in [0.05, 0.1) is 5.69 Å². The molecular weight excluding hydrogens is 551 g/mol. The number of benzene rings is 6. The molecule has 0 bridgehead atoms. The molecule has 7 aromatic rings. The Bertz CT molecular complexity index is 2130. The zero-order valence-corrected chi connectivity index (χ0v) is 24.8. The van der Waals surface area contributed by atoms with Crippen LogP contribution in [-0.2, 0) is 0 Å². The summed E-state index contributed by atoms with van der Waals surface area (Å²) in [5, 5.41) is 0. The number of anilines is 6. The van der Waals surface area contributed by atoms with E-state index in [1.807, 2.05) is 11.3 Å². The van der Waals surface area contributed by atoms with Gasteiger partial charge >= 0.3 is 0 Å². The molecule has 0 fully saturated rings. The number of hydrogen-bond donors (Lipinski definition) is 0. The smallest absolute Gasteiger partial charge is 0.264 e. The quantitative estimate of drug-likeness (QED) is 0.192. The van der Waals surface area contributed by atoms with Gasteiger partial charge in [-0.3, -0.25) is 0 Å². The minimum absolute atomic E-state index is 0.109. The van der Waals surface area contributed by atoms with Gasteiger partial charge in [-0.25, -0.2) is 0 Å². The van der Waals surface area contributed by atoms with Gasteiger partial charge < -0.3 is 9.80 Å². The van der Waals surface area contributed by atoms with Crippen molar-refractivity contribution in [3.05, 3.63) is 164 Å². The lowest BCUT2D eigenvalue weighted by Crippen LogP contribution is -2.60. The van der Waals surface area contributed by atoms with Gasteiger partial charge in [-0.2, -0.15) is 0 Å². The number of rotatable bonds is 4. The monoisotopic (exact) mass is 578 g/mol. The Balaban J connectivity index is 1.42. The van der Waals surface area contributed by atoms with Crippen molar-refractivity contribution in [2.75, 3.05) is 9.80 Å². The summed E-state index contributed by atoms with van der Waals surface area (Å²) in [5.41, 5.74) is 13.8. The zero-order valence-electron chi connectivity index (χ0n) is 24.0. The summed E-state index contributed by atoms with van der Waals surface area (Å²) in [4.78, 5) is 6.27. The fraction of sp³-hybridized carbons (Fsp3) is 0. The van der Waals surface area contributed by atoms with Crippen molar-refractivity contribution in [2.24, 2.45) is 0 Å². The van der Waals surface area contributed by atoms with Crippen LogP contribution in [-0.4, -0.2) is 6.71 Å². The van der Waals surface area contributed by atoms with Crippen molar-refractivity contribution in [3.63, 3.8) is 0 Å². The summed E-state index contributed by atoms with van der Waals surface area (Å²) in [6.07, 6.45) is 0. The average molecular weight is 579 g/mol. The van der Waals surface area contributed by atoms with Crippen LogP contribution in [0.4, 0.5) is 34.1 Å². The first-order valence-corrected chi connectivity index (χ1v) is 15.9. The van der Waals surface area contributed by atoms with Gasteiger partial charge in [-0.05, 0) is 64.5 Å². The van der Waals surface area contributed by atoms with Crippen LogP contribution in [0, 0.1) is 0 Å². The molecule has 0 spiro atoms. The number of fused-ring (bicyclic) bond motifs is 4. The lowest BCUT2D eigenvalue weighted by Gasteiger charge is -2.43. The first kappa shape index (κ1) is 25.2. The van der Waals surface area contributed by atoms with Crippen LogP contribution >= 0.6 is 11.3 Å². The van der Waals surface area contributed by atoms with Crippen LogP contribution in [0.25, 0.3) is 21.6 Å². The van der Waals surface area contributed by atoms with Crippen molar-refractivity contribution in [2.45, 2.75) is 0 Å². The van der Waals surface area contributed by atoms with Gasteiger partial charge in [0, 0.05) is 43.7 Å². The van der Waals surface area contributed by atoms with Crippen LogP contribution in [0.5, 0.6) is 0 Å². The molecule has 2 nitrogen and oxygen atoms in total. The second-order valence-corrected chi connectivity index (χ2v) is 12.3. The van der Waals surface area contributed by atoms with Crippen molar-refractivity contribution >= 4 is 67.9 Å². The van der Waals surface area contributed by atoms with Crippen LogP contribution in [0.3, 0.4) is 0 Å². The highest BCUT2D eigenvalue weighted by molar-refractivity contribution is 7.31. The summed E-state index contributed by atoms with van der Waals surface area (Å²) in [5.74, 6) is 0. The Morgan fingerprint density at radius 1 is 0.432 bits per heavy atom. The third-order valence-corrected chi connectivity index (χ3v) is 10.1. The second kappa shape index (κ2) is 10.2. The maximum Gasteiger partial charge on any atom is 0.264 e. The molecule has 206 valence electrons. The van der Waals surface area contributed by atoms with Crippen molar-refractivity contribution in [3.8, 4) is 21.6 Å². The van der Waals surface area contributed by atoms with E-state index in [1.54, 1.807) is 0 Å². The minimum Gasteiger partial charge on any atom is -0.311 e. The predicted molar refractivity (Wildman–Crippen MR) is 189 cm³/mol. The highest BCUT2D eigenvalue weighted by Crippen LogP contribution is 2.51. The summed E-state index contributed by atoms with van der Waals surface area (Å²) >= 11 is 1.95. The molecule has 44 heavy (non-hydrogen) atoms. The standard InChI is InChI=1S/C40H27BN2S/c1-5-16-28(17-6-1)36-38-40(44-39(36)29-18-7-2-8-19-29)41-32-24-13-14-25-33(32)42(30-20-9-3-10-21-30)34-26-15-27-35(37(34)41)43(38)31-22-11-4-12-23-31/h1-27H. The third-order valence-electron chi connectivity index (χ3n) is 8.84. The van der Waals surface area contributed by atoms with Crippen molar-refractivity contribution in [1.82, 2.24) is 0 Å². The fourth-order valence-corrected chi connectivity index (χ4v) is 8.51. The maximum absolute atomic E-state index is 2.52. The van der Waals surface area contributed by atoms with Gasteiger partial charge in [-0.1, -0.05) is 121 Å². The van der Waals surface area contributed by atoms with Gasteiger partial charge in [0.15, 0.2) is 0 Å². The second-order valence-electron chi connectivity index (χ2n) is 11.3. The normalized spacial score (nSPS) is 12.9. The molecule has 0 unspecified atom stereocenters. The van der Waals surface area contributed by atoms with E-state index in [2.05, 4.69) is 174 Å². The largest absolute Gasteiger partial charge is 0.311 e. The Kier molecular flexibility index (Phi) is 5.82. The van der Waals surface area contributed by atoms with Crippen LogP contribution < -0.4 is 25.5 Å². The van der Waals surface area contributed by atoms with Crippen LogP contribution in [0.1, 0.15) is 0 Å². The van der Waals surface area contributed by atoms with Gasteiger partial charge in [0.25, 0.3) is 6.71 Å². The molecule has 2 aliphatic rings. The van der Waals surface area contributed by atoms with Gasteiger partial charge in [0.1, 0.15) is 0 Å². The lowest BCUT2D eigenvalue weighted by atomic mass is 9.36. The van der Waals surface area contributed by atoms with E-state index in [0.717, 1.165) is 0 Å². The van der Waals surface area contributed by atoms with Crippen LogP contribution in [0.2, 0.25) is 0 Å². The summed E-state index contributed by atoms with van der Waals surface area (Å²) in [6.45, 7) is 0.109. The van der Waals surface area contributed by atoms with E-state index in [9.17, 15) is 0 Å². The SMILES string of the molecule is c1ccc(-c2sc3c(c2-c2ccccc2)N(c2ccccc2)c2cccc4c2B3c2ccccc2N4c2ccccc2)cc1. The van der Waals surface area contributed by atoms with E-state index in [-0.39, 0.29) is 6.71 Å². The molecule has 4 heteroatoms. The predicted octanol–water partition coefficient (Wildman–Crippen LogP) is 9.16. The van der Waals surface area contributed by atoms with Gasteiger partial charge in [0.2, 0.25) is 0 Å². The number of para-hydroxylation sites is 3. The summed E-state index contributed by atoms with van der Waals surface area (Å²) in [7, 11) is 0. The summed E-state index contributed by atoms with van der Waals surface area (Å²) < 4.78 is 1.38. The molecule has 0 aliphatic carbocycles. The molecule has 9 rings (SSSR count). The molecule has 3 heterocycles. The maximum atomic E-state index is 2.52. The molecule has 0 amide bonds. The number of nitrogens with zero attached hydrogens (tertiary/aromatic N) is 2. The first-order valence-electron chi connectivity index (χ1n) is 15.1. The number of hydrogen-bond acceptors (Lipinski definition) is 3. The molecule has 0 atom stereocenters. The fourth-order valence-electron chi connectivity index (χ4n) is 7.06. The molecule has 0 N–H and O–H groups in total. The van der Waals surface area contributed by atoms with E-state index in [4.69, 9.17) is 0 Å². The molecule has 1 aromatic heterocycles. The molecule has 0 radical (unpaired) electrons. The Labute approximate surface area is 262 Å². The van der Waals surface area contributed by atoms with E-state index in [0.29, 0.717) is 0 Å². The van der Waals surface area contributed by atoms with E-state index >= 15 is 0 Å². The minimum atomic E-state index is 0.109. The molecular formula is C40H27BN2S. The molecule has 0 saturated carbocycles. The zero-order chi connectivity index (χ0) is 29.0. The van der Waals surface area contributed by atoms with Crippen molar-refractivity contribution < 1.29 is 0 Å². The Morgan fingerprint density at radius 2 is 0.932 bits per heavy atom. The summed E-state index contributed by atoms with van der Waals surface area (Å²) in [6, 6.07) is 59.3. The van der Waals surface area contributed by atoms with Crippen molar-refractivity contribution in [1.29, 1.82) is 0 Å². The van der Waals surface area contributed by atoms with E-state index in [1.165, 1.54) is 71.4 Å². The van der Waals surface area contributed by atoms with Gasteiger partial charge in [-0.15, -0.1) is 11.3 Å². The molecule has 2 aliphatic heterocycles. The highest BCUT2D eigenvalue weighted by Gasteiger charge is 2.45. The van der Waals surface area contributed by atoms with E-state index < -0.39 is 0 Å². The van der Waals surface area contributed by atoms with Crippen LogP contribution in [0.15, 0.2) is 164 Å². The topological polar surface area (TPSA) is 6.48 Å².